The van der Waals surface area contributed by atoms with E-state index in [4.69, 9.17) is 9.41 Å². The highest BCUT2D eigenvalue weighted by atomic mass is 16.3. The number of hydrogen-bond acceptors (Lipinski definition) is 3. The van der Waals surface area contributed by atoms with Gasteiger partial charge in [0.2, 0.25) is 0 Å². The van der Waals surface area contributed by atoms with Crippen LogP contribution in [0.4, 0.5) is 0 Å². The average molecular weight is 825 g/mol. The molecule has 0 amide bonds. The first-order valence-corrected chi connectivity index (χ1v) is 23.1. The number of amidine groups is 1. The van der Waals surface area contributed by atoms with Gasteiger partial charge in [0.15, 0.2) is 0 Å². The number of fused-ring (bicyclic) bond motifs is 11. The molecule has 0 saturated heterocycles. The molecule has 1 fully saturated rings. The quantitative estimate of drug-likeness (QED) is 0.188. The molecule has 1 aromatic heterocycles. The molecule has 3 nitrogen and oxygen atoms in total. The fourth-order valence-electron chi connectivity index (χ4n) is 11.9. The van der Waals surface area contributed by atoms with Crippen molar-refractivity contribution in [2.45, 2.75) is 62.8 Å². The second kappa shape index (κ2) is 14.1. The summed E-state index contributed by atoms with van der Waals surface area (Å²) < 4.78 is 6.31. The summed E-state index contributed by atoms with van der Waals surface area (Å²) in [5.41, 5.74) is 22.8. The van der Waals surface area contributed by atoms with E-state index >= 15 is 0 Å². The van der Waals surface area contributed by atoms with E-state index in [1.807, 2.05) is 18.2 Å². The Labute approximate surface area is 374 Å². The normalized spacial score (nSPS) is 17.6. The van der Waals surface area contributed by atoms with Crippen LogP contribution in [0.1, 0.15) is 90.9 Å². The van der Waals surface area contributed by atoms with Crippen molar-refractivity contribution in [3.8, 4) is 44.5 Å². The van der Waals surface area contributed by atoms with E-state index < -0.39 is 0 Å². The van der Waals surface area contributed by atoms with E-state index in [1.165, 1.54) is 93.3 Å². The molecule has 0 bridgehead atoms. The minimum atomic E-state index is -0.170. The molecular formula is C61H48N2O. The van der Waals surface area contributed by atoms with Gasteiger partial charge in [-0.1, -0.05) is 173 Å². The molecular weight excluding hydrogens is 777 g/mol. The molecule has 8 aromatic carbocycles. The zero-order valence-corrected chi connectivity index (χ0v) is 36.3. The highest BCUT2D eigenvalue weighted by Gasteiger charge is 2.47. The van der Waals surface area contributed by atoms with Gasteiger partial charge in [-0.3, -0.25) is 4.99 Å². The van der Waals surface area contributed by atoms with Crippen molar-refractivity contribution in [1.82, 2.24) is 5.32 Å². The van der Waals surface area contributed by atoms with Gasteiger partial charge in [0.25, 0.3) is 0 Å². The Hall–Kier alpha value is -7.23. The minimum Gasteiger partial charge on any atom is -0.456 e. The van der Waals surface area contributed by atoms with Crippen LogP contribution in [0.5, 0.6) is 0 Å². The maximum Gasteiger partial charge on any atom is 0.136 e. The molecule has 13 rings (SSSR count). The van der Waals surface area contributed by atoms with Gasteiger partial charge in [-0.25, -0.2) is 0 Å². The summed E-state index contributed by atoms with van der Waals surface area (Å²) in [6.07, 6.45) is 8.55. The predicted octanol–water partition coefficient (Wildman–Crippen LogP) is 15.6. The van der Waals surface area contributed by atoms with E-state index in [1.54, 1.807) is 5.56 Å². The van der Waals surface area contributed by atoms with Gasteiger partial charge < -0.3 is 9.73 Å². The molecule has 0 radical (unpaired) electrons. The van der Waals surface area contributed by atoms with Gasteiger partial charge in [-0.05, 0) is 128 Å². The van der Waals surface area contributed by atoms with Crippen molar-refractivity contribution in [3.05, 3.63) is 221 Å². The van der Waals surface area contributed by atoms with Crippen LogP contribution < -0.4 is 5.32 Å². The van der Waals surface area contributed by atoms with Gasteiger partial charge >= 0.3 is 0 Å². The van der Waals surface area contributed by atoms with E-state index in [-0.39, 0.29) is 16.9 Å². The molecule has 1 aliphatic heterocycles. The third-order valence-corrected chi connectivity index (χ3v) is 15.1. The van der Waals surface area contributed by atoms with Gasteiger partial charge in [-0.2, -0.15) is 0 Å². The van der Waals surface area contributed by atoms with Crippen LogP contribution in [0, 0.1) is 0 Å². The lowest BCUT2D eigenvalue weighted by Crippen LogP contribution is -2.28. The monoisotopic (exact) mass is 824 g/mol. The molecule has 4 aliphatic rings. The summed E-state index contributed by atoms with van der Waals surface area (Å²) >= 11 is 0. The van der Waals surface area contributed by atoms with Gasteiger partial charge in [0.05, 0.1) is 6.04 Å². The molecule has 1 N–H and O–H groups in total. The SMILES string of the molecule is CC1(C)c2ccccc2-c2cc3c(cc21)-c1c(-c2cccc(-c4ccc(C5C=C(c6ccc7c(c6)oc6ccccc67)NC(c6ccccc6)=N5)cc4)c2)cccc1C31CCCCC1. The number of benzene rings is 8. The maximum absolute atomic E-state index is 6.31. The van der Waals surface area contributed by atoms with Gasteiger partial charge in [-0.15, -0.1) is 0 Å². The van der Waals surface area contributed by atoms with Crippen molar-refractivity contribution < 1.29 is 4.42 Å². The third-order valence-electron chi connectivity index (χ3n) is 15.1. The first kappa shape index (κ1) is 37.3. The van der Waals surface area contributed by atoms with Crippen LogP contribution in [-0.4, -0.2) is 5.84 Å². The Morgan fingerprint density at radius 3 is 2.05 bits per heavy atom. The lowest BCUT2D eigenvalue weighted by Gasteiger charge is -2.36. The average Bonchev–Trinajstić information content (AvgIpc) is 3.94. The van der Waals surface area contributed by atoms with E-state index in [0.29, 0.717) is 0 Å². The van der Waals surface area contributed by atoms with E-state index in [0.717, 1.165) is 50.2 Å². The molecule has 308 valence electrons. The summed E-state index contributed by atoms with van der Waals surface area (Å²) in [5, 5.41) is 5.93. The number of para-hydroxylation sites is 1. The zero-order valence-electron chi connectivity index (χ0n) is 36.3. The largest absolute Gasteiger partial charge is 0.456 e. The Balaban J connectivity index is 0.872. The first-order valence-electron chi connectivity index (χ1n) is 23.1. The molecule has 3 heteroatoms. The lowest BCUT2D eigenvalue weighted by atomic mass is 9.67. The summed E-state index contributed by atoms with van der Waals surface area (Å²) in [5.74, 6) is 0.856. The van der Waals surface area contributed by atoms with Crippen molar-refractivity contribution in [2.75, 3.05) is 0 Å². The number of furan rings is 1. The number of nitrogens with one attached hydrogen (secondary N) is 1. The predicted molar refractivity (Wildman–Crippen MR) is 265 cm³/mol. The molecule has 64 heavy (non-hydrogen) atoms. The zero-order chi connectivity index (χ0) is 42.6. The lowest BCUT2D eigenvalue weighted by molar-refractivity contribution is 0.353. The Morgan fingerprint density at radius 1 is 0.484 bits per heavy atom. The number of hydrogen-bond donors (Lipinski definition) is 1. The van der Waals surface area contributed by atoms with Crippen LogP contribution >= 0.6 is 0 Å². The first-order chi connectivity index (χ1) is 31.4. The number of rotatable bonds is 5. The highest BCUT2D eigenvalue weighted by molar-refractivity contribution is 6.08. The molecule has 1 spiro atoms. The summed E-state index contributed by atoms with van der Waals surface area (Å²) in [7, 11) is 0. The molecule has 2 heterocycles. The second-order valence-corrected chi connectivity index (χ2v) is 19.0. The highest BCUT2D eigenvalue weighted by Crippen LogP contribution is 2.61. The smallest absolute Gasteiger partial charge is 0.136 e. The summed E-state index contributed by atoms with van der Waals surface area (Å²) in [4.78, 5) is 5.29. The van der Waals surface area contributed by atoms with E-state index in [2.05, 4.69) is 183 Å². The molecule has 3 aliphatic carbocycles. The Kier molecular flexibility index (Phi) is 8.25. The summed E-state index contributed by atoms with van der Waals surface area (Å²) in [6.45, 7) is 4.82. The van der Waals surface area contributed by atoms with E-state index in [9.17, 15) is 0 Å². The van der Waals surface area contributed by atoms with Crippen LogP contribution in [0.25, 0.3) is 72.1 Å². The fourth-order valence-corrected chi connectivity index (χ4v) is 11.9. The fraction of sp³-hybridized carbons (Fsp3) is 0.164. The standard InChI is InChI=1S/C61H48N2O/c1-60(2)50-22-9-7-19-45(50)48-35-53-49(36-52(48)60)58-44(21-14-23-51(58)61(53)31-11-4-12-32-61)42-18-13-17-41(33-42)38-25-27-39(28-26-38)54-37-55(63-59(62-54)40-15-5-3-6-16-40)43-29-30-47-46-20-8-10-24-56(46)64-57(47)34-43/h3,5-10,13-30,33-37,54H,4,11-12,31-32H2,1-2H3,(H,62,63). The third kappa shape index (κ3) is 5.63. The molecule has 1 saturated carbocycles. The summed E-state index contributed by atoms with van der Waals surface area (Å²) in [6, 6.07) is 64.8. The van der Waals surface area contributed by atoms with Crippen LogP contribution in [0.2, 0.25) is 0 Å². The van der Waals surface area contributed by atoms with Crippen molar-refractivity contribution in [3.63, 3.8) is 0 Å². The molecule has 1 unspecified atom stereocenters. The van der Waals surface area contributed by atoms with Crippen LogP contribution in [0.3, 0.4) is 0 Å². The Morgan fingerprint density at radius 2 is 1.17 bits per heavy atom. The van der Waals surface area contributed by atoms with Crippen LogP contribution in [0.15, 0.2) is 191 Å². The van der Waals surface area contributed by atoms with Crippen LogP contribution in [-0.2, 0) is 10.8 Å². The molecule has 9 aromatic rings. The van der Waals surface area contributed by atoms with Gasteiger partial charge in [0.1, 0.15) is 17.0 Å². The second-order valence-electron chi connectivity index (χ2n) is 19.0. The number of aliphatic imine (C=N–C) groups is 1. The number of nitrogens with zero attached hydrogens (tertiary/aromatic N) is 1. The maximum atomic E-state index is 6.31. The topological polar surface area (TPSA) is 37.5 Å². The van der Waals surface area contributed by atoms with Gasteiger partial charge in [0, 0.05) is 38.4 Å². The van der Waals surface area contributed by atoms with Crippen molar-refractivity contribution in [2.24, 2.45) is 4.99 Å². The Bertz CT molecular complexity index is 3410. The minimum absolute atomic E-state index is 0.0475. The van der Waals surface area contributed by atoms with Crippen molar-refractivity contribution in [1.29, 1.82) is 0 Å². The van der Waals surface area contributed by atoms with Crippen molar-refractivity contribution >= 4 is 33.5 Å². The molecule has 1 atom stereocenters.